The number of benzene rings is 4. The van der Waals surface area contributed by atoms with Gasteiger partial charge in [0.05, 0.1) is 10.6 Å². The van der Waals surface area contributed by atoms with E-state index >= 15 is 0 Å². The molecule has 1 N–H and O–H groups in total. The standard InChI is InChI=1S/C37H38BrCl2N3O4S/c1-26-15-17-34(18-16-26)48(46,47)43(33-22-30(39)21-31(40)23-33)25-36(44)42(24-28-11-8-12-29(38)19-28)35(20-27-9-4-2-5-10-27)37(45)41-32-13-6-3-7-14-32/h2,4-5,8-12,15-19,21-23,32,35H,3,6-7,13-14,20,24-25H2,1H3,(H,41,45)/t35-/m0/s1. The Hall–Kier alpha value is -3.37. The van der Waals surface area contributed by atoms with E-state index in [9.17, 15) is 18.0 Å². The zero-order valence-corrected chi connectivity index (χ0v) is 30.5. The van der Waals surface area contributed by atoms with Crippen LogP contribution < -0.4 is 9.62 Å². The predicted octanol–water partition coefficient (Wildman–Crippen LogP) is 8.35. The Balaban J connectivity index is 1.58. The van der Waals surface area contributed by atoms with Crippen LogP contribution in [-0.2, 0) is 32.6 Å². The molecular weight excluding hydrogens is 733 g/mol. The SMILES string of the molecule is Cc1ccc(S(=O)(=O)N(CC(=O)N(Cc2cccc(Br)c2)[C@@H](Cc2ccccc2)C(=O)NC2CCCCC2)c2cc(Cl)cc(Cl)c2)cc1. The fourth-order valence-corrected chi connectivity index (χ4v) is 8.34. The molecule has 4 aromatic carbocycles. The van der Waals surface area contributed by atoms with Crippen LogP contribution in [0.25, 0.3) is 0 Å². The van der Waals surface area contributed by atoms with Crippen molar-refractivity contribution in [1.29, 1.82) is 0 Å². The van der Waals surface area contributed by atoms with Crippen molar-refractivity contribution in [2.24, 2.45) is 0 Å². The number of amides is 2. The predicted molar refractivity (Wildman–Crippen MR) is 196 cm³/mol. The summed E-state index contributed by atoms with van der Waals surface area (Å²) < 4.78 is 30.4. The van der Waals surface area contributed by atoms with Gasteiger partial charge in [-0.1, -0.05) is 119 Å². The number of aryl methyl sites for hydroxylation is 1. The molecule has 1 aliphatic rings. The second-order valence-corrected chi connectivity index (χ2v) is 15.8. The van der Waals surface area contributed by atoms with Crippen LogP contribution in [0.3, 0.4) is 0 Å². The molecule has 0 aliphatic heterocycles. The summed E-state index contributed by atoms with van der Waals surface area (Å²) in [5.74, 6) is -0.825. The smallest absolute Gasteiger partial charge is 0.264 e. The van der Waals surface area contributed by atoms with E-state index in [1.165, 1.54) is 35.2 Å². The van der Waals surface area contributed by atoms with Gasteiger partial charge in [-0.3, -0.25) is 13.9 Å². The zero-order valence-electron chi connectivity index (χ0n) is 26.6. The summed E-state index contributed by atoms with van der Waals surface area (Å²) in [5.41, 5.74) is 2.67. The third-order valence-electron chi connectivity index (χ3n) is 8.49. The van der Waals surface area contributed by atoms with E-state index in [1.54, 1.807) is 12.1 Å². The normalized spacial score (nSPS) is 14.2. The second-order valence-electron chi connectivity index (χ2n) is 12.2. The molecule has 1 saturated carbocycles. The molecule has 7 nitrogen and oxygen atoms in total. The van der Waals surface area contributed by atoms with E-state index in [0.717, 1.165) is 57.6 Å². The molecule has 0 spiro atoms. The number of carbonyl (C=O) groups is 2. The minimum Gasteiger partial charge on any atom is -0.352 e. The molecule has 0 unspecified atom stereocenters. The topological polar surface area (TPSA) is 86.8 Å². The Kier molecular flexibility index (Phi) is 12.2. The summed E-state index contributed by atoms with van der Waals surface area (Å²) in [6, 6.07) is 26.9. The number of anilines is 1. The molecule has 252 valence electrons. The molecule has 5 rings (SSSR count). The molecule has 0 aromatic heterocycles. The molecule has 1 aliphatic carbocycles. The number of nitrogens with zero attached hydrogens (tertiary/aromatic N) is 2. The summed E-state index contributed by atoms with van der Waals surface area (Å²) >= 11 is 16.2. The fraction of sp³-hybridized carbons (Fsp3) is 0.297. The maximum Gasteiger partial charge on any atom is 0.264 e. The number of carbonyl (C=O) groups excluding carboxylic acids is 2. The van der Waals surface area contributed by atoms with Gasteiger partial charge >= 0.3 is 0 Å². The first-order chi connectivity index (χ1) is 23.0. The van der Waals surface area contributed by atoms with Gasteiger partial charge in [0.25, 0.3) is 10.0 Å². The van der Waals surface area contributed by atoms with E-state index in [4.69, 9.17) is 23.2 Å². The molecular formula is C37H38BrCl2N3O4S. The van der Waals surface area contributed by atoms with E-state index < -0.39 is 28.5 Å². The monoisotopic (exact) mass is 769 g/mol. The number of halogens is 3. The molecule has 0 heterocycles. The second kappa shape index (κ2) is 16.4. The first-order valence-electron chi connectivity index (χ1n) is 15.9. The third kappa shape index (κ3) is 9.41. The summed E-state index contributed by atoms with van der Waals surface area (Å²) in [7, 11) is -4.28. The van der Waals surface area contributed by atoms with E-state index in [2.05, 4.69) is 21.2 Å². The molecule has 0 bridgehead atoms. The van der Waals surface area contributed by atoms with Crippen LogP contribution in [0, 0.1) is 6.92 Å². The highest BCUT2D eigenvalue weighted by atomic mass is 79.9. The van der Waals surface area contributed by atoms with Crippen LogP contribution in [0.15, 0.2) is 106 Å². The van der Waals surface area contributed by atoms with E-state index in [1.807, 2.05) is 61.5 Å². The van der Waals surface area contributed by atoms with Crippen molar-refractivity contribution < 1.29 is 18.0 Å². The molecule has 0 saturated heterocycles. The third-order valence-corrected chi connectivity index (χ3v) is 11.2. The van der Waals surface area contributed by atoms with Crippen LogP contribution >= 0.6 is 39.1 Å². The maximum atomic E-state index is 14.7. The van der Waals surface area contributed by atoms with Crippen molar-refractivity contribution >= 4 is 66.7 Å². The lowest BCUT2D eigenvalue weighted by Gasteiger charge is -2.35. The van der Waals surface area contributed by atoms with Gasteiger partial charge in [0.2, 0.25) is 11.8 Å². The fourth-order valence-electron chi connectivity index (χ4n) is 5.98. The van der Waals surface area contributed by atoms with Crippen molar-refractivity contribution in [3.63, 3.8) is 0 Å². The number of hydrogen-bond donors (Lipinski definition) is 1. The van der Waals surface area contributed by atoms with Gasteiger partial charge in [-0.05, 0) is 73.4 Å². The van der Waals surface area contributed by atoms with E-state index in [-0.39, 0.29) is 45.5 Å². The molecule has 1 atom stereocenters. The highest BCUT2D eigenvalue weighted by molar-refractivity contribution is 9.10. The van der Waals surface area contributed by atoms with Gasteiger partial charge in [-0.15, -0.1) is 0 Å². The summed E-state index contributed by atoms with van der Waals surface area (Å²) in [6.45, 7) is 1.34. The average molecular weight is 772 g/mol. The van der Waals surface area contributed by atoms with Crippen LogP contribution in [0.2, 0.25) is 10.0 Å². The Morgan fingerprint density at radius 3 is 2.15 bits per heavy atom. The van der Waals surface area contributed by atoms with Crippen LogP contribution in [0.4, 0.5) is 5.69 Å². The van der Waals surface area contributed by atoms with Gasteiger partial charge in [0, 0.05) is 33.5 Å². The summed E-state index contributed by atoms with van der Waals surface area (Å²) in [5, 5.41) is 3.66. The Labute approximate surface area is 301 Å². The first kappa shape index (κ1) is 35.9. The summed E-state index contributed by atoms with van der Waals surface area (Å²) in [4.78, 5) is 30.4. The van der Waals surface area contributed by atoms with Gasteiger partial charge in [0.15, 0.2) is 0 Å². The highest BCUT2D eigenvalue weighted by Crippen LogP contribution is 2.31. The summed E-state index contributed by atoms with van der Waals surface area (Å²) in [6.07, 6.45) is 5.19. The maximum absolute atomic E-state index is 14.7. The van der Waals surface area contributed by atoms with Crippen LogP contribution in [0.5, 0.6) is 0 Å². The minimum atomic E-state index is -4.28. The van der Waals surface area contributed by atoms with Crippen LogP contribution in [0.1, 0.15) is 48.8 Å². The minimum absolute atomic E-state index is 0.00594. The molecule has 11 heteroatoms. The Morgan fingerprint density at radius 1 is 0.854 bits per heavy atom. The quantitative estimate of drug-likeness (QED) is 0.157. The lowest BCUT2D eigenvalue weighted by Crippen LogP contribution is -2.55. The zero-order chi connectivity index (χ0) is 34.3. The van der Waals surface area contributed by atoms with Gasteiger partial charge in [-0.2, -0.15) is 0 Å². The Morgan fingerprint density at radius 2 is 1.50 bits per heavy atom. The Bertz CT molecular complexity index is 1820. The van der Waals surface area contributed by atoms with Crippen molar-refractivity contribution in [3.05, 3.63) is 128 Å². The lowest BCUT2D eigenvalue weighted by atomic mass is 9.94. The molecule has 0 radical (unpaired) electrons. The first-order valence-corrected chi connectivity index (χ1v) is 18.9. The molecule has 1 fully saturated rings. The molecule has 2 amide bonds. The van der Waals surface area contributed by atoms with Gasteiger partial charge in [-0.25, -0.2) is 8.42 Å². The molecule has 48 heavy (non-hydrogen) atoms. The highest BCUT2D eigenvalue weighted by Gasteiger charge is 2.35. The van der Waals surface area contributed by atoms with Crippen LogP contribution in [-0.4, -0.2) is 43.8 Å². The van der Waals surface area contributed by atoms with Crippen molar-refractivity contribution in [2.45, 2.75) is 69.0 Å². The average Bonchev–Trinajstić information content (AvgIpc) is 3.05. The lowest BCUT2D eigenvalue weighted by molar-refractivity contribution is -0.140. The largest absolute Gasteiger partial charge is 0.352 e. The van der Waals surface area contributed by atoms with Gasteiger partial charge < -0.3 is 10.2 Å². The molecule has 4 aromatic rings. The van der Waals surface area contributed by atoms with Crippen molar-refractivity contribution in [3.8, 4) is 0 Å². The van der Waals surface area contributed by atoms with Crippen molar-refractivity contribution in [2.75, 3.05) is 10.8 Å². The number of rotatable bonds is 12. The number of nitrogens with one attached hydrogen (secondary N) is 1. The van der Waals surface area contributed by atoms with Gasteiger partial charge in [0.1, 0.15) is 12.6 Å². The van der Waals surface area contributed by atoms with Crippen molar-refractivity contribution in [1.82, 2.24) is 10.2 Å². The number of hydrogen-bond acceptors (Lipinski definition) is 4. The van der Waals surface area contributed by atoms with E-state index in [0.29, 0.717) is 0 Å². The number of sulfonamides is 1.